The molecule has 4 aromatic rings. The summed E-state index contributed by atoms with van der Waals surface area (Å²) in [6, 6.07) is 20.5. The number of aromatic nitrogens is 2. The Labute approximate surface area is 213 Å². The first-order valence-electron chi connectivity index (χ1n) is 13.7. The molecule has 3 aliphatic rings. The van der Waals surface area contributed by atoms with Gasteiger partial charge in [0.15, 0.2) is 0 Å². The van der Waals surface area contributed by atoms with Crippen LogP contribution in [0, 0.1) is 10.8 Å². The van der Waals surface area contributed by atoms with Gasteiger partial charge in [0.05, 0.1) is 11.0 Å². The van der Waals surface area contributed by atoms with Crippen molar-refractivity contribution < 1.29 is 0 Å². The first-order chi connectivity index (χ1) is 17.5. The van der Waals surface area contributed by atoms with Gasteiger partial charge in [-0.1, -0.05) is 44.9 Å². The fourth-order valence-electron chi connectivity index (χ4n) is 7.65. The Morgan fingerprint density at radius 2 is 1.83 bits per heavy atom. The van der Waals surface area contributed by atoms with Crippen molar-refractivity contribution in [1.82, 2.24) is 9.55 Å². The summed E-state index contributed by atoms with van der Waals surface area (Å²) in [6.07, 6.45) is 13.1. The number of fused-ring (bicyclic) bond motifs is 8. The zero-order chi connectivity index (χ0) is 24.8. The van der Waals surface area contributed by atoms with Gasteiger partial charge < -0.3 is 9.88 Å². The SMILES string of the molecule is CCCC12CCC(n3c(=O)ccc4cnc5ccc(Nc6ccccc6)cc5c43)CCCC(C)(C1)C2. The third-order valence-electron chi connectivity index (χ3n) is 8.89. The van der Waals surface area contributed by atoms with Crippen LogP contribution in [0.1, 0.15) is 77.7 Å². The van der Waals surface area contributed by atoms with Crippen molar-refractivity contribution in [2.24, 2.45) is 10.8 Å². The molecule has 2 bridgehead atoms. The van der Waals surface area contributed by atoms with Gasteiger partial charge in [-0.25, -0.2) is 0 Å². The van der Waals surface area contributed by atoms with Gasteiger partial charge in [-0.3, -0.25) is 9.78 Å². The highest BCUT2D eigenvalue weighted by molar-refractivity contribution is 6.04. The van der Waals surface area contributed by atoms with Crippen molar-refractivity contribution in [3.63, 3.8) is 0 Å². The van der Waals surface area contributed by atoms with E-state index in [1.54, 1.807) is 6.07 Å². The minimum absolute atomic E-state index is 0.115. The molecule has 36 heavy (non-hydrogen) atoms. The molecule has 0 saturated heterocycles. The molecule has 4 nitrogen and oxygen atoms in total. The predicted molar refractivity (Wildman–Crippen MR) is 150 cm³/mol. The van der Waals surface area contributed by atoms with E-state index < -0.39 is 0 Å². The predicted octanol–water partition coefficient (Wildman–Crippen LogP) is 8.39. The van der Waals surface area contributed by atoms with Gasteiger partial charge in [0, 0.05) is 40.5 Å². The third kappa shape index (κ3) is 4.21. The average molecular weight is 480 g/mol. The summed E-state index contributed by atoms with van der Waals surface area (Å²) < 4.78 is 2.14. The van der Waals surface area contributed by atoms with Crippen molar-refractivity contribution in [2.45, 2.75) is 77.7 Å². The Hall–Kier alpha value is -3.14. The van der Waals surface area contributed by atoms with Crippen molar-refractivity contribution >= 4 is 33.2 Å². The maximum Gasteiger partial charge on any atom is 0.251 e. The summed E-state index contributed by atoms with van der Waals surface area (Å²) in [5.41, 5.74) is 5.13. The Morgan fingerprint density at radius 3 is 2.64 bits per heavy atom. The lowest BCUT2D eigenvalue weighted by Crippen LogP contribution is -2.44. The summed E-state index contributed by atoms with van der Waals surface area (Å²) in [7, 11) is 0. The Kier molecular flexibility index (Phi) is 5.86. The van der Waals surface area contributed by atoms with Crippen LogP contribution in [-0.4, -0.2) is 9.55 Å². The van der Waals surface area contributed by atoms with Crippen LogP contribution in [0.5, 0.6) is 0 Å². The standard InChI is InChI=1S/C32H37N3O/c1-3-16-32-18-15-26(10-7-17-31(2,21-32)22-32)35-29(36)14-11-23-20-33-28-13-12-25(19-27(28)30(23)35)34-24-8-5-4-6-9-24/h4-6,8-9,11-14,19-20,26,34H,3,7,10,15-18,21-22H2,1-2H3. The molecule has 4 heteroatoms. The molecule has 0 aliphatic heterocycles. The van der Waals surface area contributed by atoms with Gasteiger partial charge >= 0.3 is 0 Å². The van der Waals surface area contributed by atoms with Crippen LogP contribution in [0.4, 0.5) is 11.4 Å². The van der Waals surface area contributed by atoms with E-state index in [2.05, 4.69) is 54.1 Å². The van der Waals surface area contributed by atoms with Crippen LogP contribution in [0.15, 0.2) is 71.7 Å². The molecule has 1 atom stereocenters. The number of nitrogens with zero attached hydrogens (tertiary/aromatic N) is 2. The molecule has 2 heterocycles. The number of pyridine rings is 2. The zero-order valence-corrected chi connectivity index (χ0v) is 21.6. The normalized spacial score (nSPS) is 26.1. The summed E-state index contributed by atoms with van der Waals surface area (Å²) >= 11 is 0. The number of rotatable bonds is 5. The number of hydrogen-bond acceptors (Lipinski definition) is 3. The number of para-hydroxylation sites is 1. The van der Waals surface area contributed by atoms with Crippen molar-refractivity contribution in [3.05, 3.63) is 77.2 Å². The maximum atomic E-state index is 13.5. The van der Waals surface area contributed by atoms with Gasteiger partial charge in [0.25, 0.3) is 5.56 Å². The van der Waals surface area contributed by atoms with Gasteiger partial charge in [-0.15, -0.1) is 0 Å². The minimum atomic E-state index is 0.115. The van der Waals surface area contributed by atoms with Crippen molar-refractivity contribution in [3.8, 4) is 0 Å². The van der Waals surface area contributed by atoms with E-state index in [0.717, 1.165) is 46.0 Å². The molecule has 0 radical (unpaired) electrons. The highest BCUT2D eigenvalue weighted by atomic mass is 16.1. The first-order valence-corrected chi connectivity index (χ1v) is 13.7. The lowest BCUT2D eigenvalue weighted by atomic mass is 9.50. The highest BCUT2D eigenvalue weighted by Gasteiger charge is 2.50. The number of hydrogen-bond donors (Lipinski definition) is 1. The van der Waals surface area contributed by atoms with E-state index in [9.17, 15) is 4.79 Å². The summed E-state index contributed by atoms with van der Waals surface area (Å²) in [6.45, 7) is 4.82. The van der Waals surface area contributed by atoms with E-state index in [1.807, 2.05) is 30.5 Å². The zero-order valence-electron chi connectivity index (χ0n) is 21.6. The molecular formula is C32H37N3O. The lowest BCUT2D eigenvalue weighted by molar-refractivity contribution is -0.0458. The van der Waals surface area contributed by atoms with Crippen LogP contribution < -0.4 is 10.9 Å². The summed E-state index contributed by atoms with van der Waals surface area (Å²) in [4.78, 5) is 18.3. The Morgan fingerprint density at radius 1 is 1.00 bits per heavy atom. The van der Waals surface area contributed by atoms with Crippen LogP contribution in [0.25, 0.3) is 21.8 Å². The second-order valence-corrected chi connectivity index (χ2v) is 11.8. The monoisotopic (exact) mass is 479 g/mol. The molecule has 7 rings (SSSR count). The minimum Gasteiger partial charge on any atom is -0.356 e. The molecular weight excluding hydrogens is 442 g/mol. The van der Waals surface area contributed by atoms with E-state index in [4.69, 9.17) is 4.98 Å². The van der Waals surface area contributed by atoms with E-state index in [0.29, 0.717) is 10.8 Å². The molecule has 1 unspecified atom stereocenters. The van der Waals surface area contributed by atoms with Crippen molar-refractivity contribution in [2.75, 3.05) is 5.32 Å². The largest absolute Gasteiger partial charge is 0.356 e. The molecule has 2 aromatic carbocycles. The average Bonchev–Trinajstić information content (AvgIpc) is 2.97. The number of benzene rings is 2. The molecule has 0 spiro atoms. The van der Waals surface area contributed by atoms with E-state index in [-0.39, 0.29) is 11.6 Å². The van der Waals surface area contributed by atoms with Gasteiger partial charge in [-0.05, 0) is 92.2 Å². The third-order valence-corrected chi connectivity index (χ3v) is 8.89. The number of anilines is 2. The number of nitrogens with one attached hydrogen (secondary N) is 1. The summed E-state index contributed by atoms with van der Waals surface area (Å²) in [5, 5.41) is 5.61. The van der Waals surface area contributed by atoms with E-state index >= 15 is 0 Å². The fraction of sp³-hybridized carbons (Fsp3) is 0.438. The van der Waals surface area contributed by atoms with Crippen LogP contribution >= 0.6 is 0 Å². The maximum absolute atomic E-state index is 13.5. The molecule has 0 amide bonds. The second-order valence-electron chi connectivity index (χ2n) is 11.8. The quantitative estimate of drug-likeness (QED) is 0.292. The smallest absolute Gasteiger partial charge is 0.251 e. The van der Waals surface area contributed by atoms with Gasteiger partial charge in [0.1, 0.15) is 0 Å². The molecule has 3 aliphatic carbocycles. The molecule has 1 N–H and O–H groups in total. The lowest BCUT2D eigenvalue weighted by Gasteiger charge is -2.55. The van der Waals surface area contributed by atoms with Crippen molar-refractivity contribution in [1.29, 1.82) is 0 Å². The van der Waals surface area contributed by atoms with Gasteiger partial charge in [0.2, 0.25) is 0 Å². The highest BCUT2D eigenvalue weighted by Crippen LogP contribution is 2.62. The fourth-order valence-corrected chi connectivity index (χ4v) is 7.65. The van der Waals surface area contributed by atoms with Crippen LogP contribution in [-0.2, 0) is 0 Å². The Bertz CT molecular complexity index is 1450. The Balaban J connectivity index is 1.45. The first kappa shape index (κ1) is 23.3. The molecule has 186 valence electrons. The second kappa shape index (κ2) is 9.06. The topological polar surface area (TPSA) is 46.9 Å². The molecule has 3 saturated carbocycles. The summed E-state index contributed by atoms with van der Waals surface area (Å²) in [5.74, 6) is 0. The molecule has 3 fully saturated rings. The molecule has 2 aromatic heterocycles. The van der Waals surface area contributed by atoms with E-state index in [1.165, 1.54) is 44.9 Å². The van der Waals surface area contributed by atoms with Crippen LogP contribution in [0.3, 0.4) is 0 Å². The van der Waals surface area contributed by atoms with Crippen LogP contribution in [0.2, 0.25) is 0 Å². The van der Waals surface area contributed by atoms with Gasteiger partial charge in [-0.2, -0.15) is 0 Å².